The minimum absolute atomic E-state index is 0.0000420. The molecule has 2 aromatic heterocycles. The van der Waals surface area contributed by atoms with Crippen LogP contribution in [0.15, 0.2) is 12.4 Å². The van der Waals surface area contributed by atoms with Crippen molar-refractivity contribution in [2.45, 2.75) is 56.8 Å². The summed E-state index contributed by atoms with van der Waals surface area (Å²) in [4.78, 5) is 15.3. The number of rotatable bonds is 6. The van der Waals surface area contributed by atoms with Crippen LogP contribution in [0, 0.1) is 0 Å². The summed E-state index contributed by atoms with van der Waals surface area (Å²) in [5.41, 5.74) is 0.776. The van der Waals surface area contributed by atoms with E-state index in [1.54, 1.807) is 26.5 Å². The lowest BCUT2D eigenvalue weighted by molar-refractivity contribution is -0.138. The molecule has 1 amide bonds. The first-order valence-electron chi connectivity index (χ1n) is 11.1. The van der Waals surface area contributed by atoms with Gasteiger partial charge in [0.2, 0.25) is 0 Å². The van der Waals surface area contributed by atoms with Gasteiger partial charge in [0, 0.05) is 55.9 Å². The van der Waals surface area contributed by atoms with Gasteiger partial charge in [-0.25, -0.2) is 0 Å². The molecule has 0 aliphatic carbocycles. The van der Waals surface area contributed by atoms with E-state index >= 15 is 0 Å². The number of halogens is 3. The largest absolute Gasteiger partial charge is 0.425 e. The monoisotopic (exact) mass is 502 g/mol. The highest BCUT2D eigenvalue weighted by atomic mass is 32.1. The molecule has 2 aromatic rings. The molecule has 1 atom stereocenters. The van der Waals surface area contributed by atoms with Crippen molar-refractivity contribution in [2.75, 3.05) is 33.8 Å². The molecule has 1 fully saturated rings. The van der Waals surface area contributed by atoms with Crippen molar-refractivity contribution < 1.29 is 32.9 Å². The zero-order valence-corrected chi connectivity index (χ0v) is 20.0. The third-order valence-corrected chi connectivity index (χ3v) is 8.02. The van der Waals surface area contributed by atoms with Crippen molar-refractivity contribution in [3.63, 3.8) is 0 Å². The third kappa shape index (κ3) is 4.87. The molecule has 2 aliphatic rings. The molecular formula is C22H29F3N4O4S. The number of thiophene rings is 1. The number of piperidine rings is 1. The fourth-order valence-electron chi connectivity index (χ4n) is 4.79. The van der Waals surface area contributed by atoms with E-state index in [2.05, 4.69) is 10.00 Å². The Morgan fingerprint density at radius 2 is 2.06 bits per heavy atom. The van der Waals surface area contributed by atoms with Crippen LogP contribution in [0.2, 0.25) is 0 Å². The van der Waals surface area contributed by atoms with E-state index in [1.807, 2.05) is 0 Å². The highest BCUT2D eigenvalue weighted by Crippen LogP contribution is 2.50. The second kappa shape index (κ2) is 9.57. The molecule has 0 bridgehead atoms. The Morgan fingerprint density at radius 3 is 2.68 bits per heavy atom. The summed E-state index contributed by atoms with van der Waals surface area (Å²) in [6.45, 7) is 1.65. The summed E-state index contributed by atoms with van der Waals surface area (Å²) in [5.74, 6) is -0.392. The van der Waals surface area contributed by atoms with Crippen molar-refractivity contribution in [1.29, 1.82) is 0 Å². The van der Waals surface area contributed by atoms with Crippen LogP contribution < -0.4 is 0 Å². The van der Waals surface area contributed by atoms with E-state index in [4.69, 9.17) is 4.74 Å². The Balaban J connectivity index is 1.42. The lowest BCUT2D eigenvalue weighted by Crippen LogP contribution is -2.45. The number of aliphatic hydroxyl groups is 2. The number of ether oxygens (including phenoxy) is 1. The summed E-state index contributed by atoms with van der Waals surface area (Å²) in [5, 5.41) is 23.9. The number of likely N-dealkylation sites (N-methyl/N-ethyl adjacent to an activating group) is 1. The van der Waals surface area contributed by atoms with E-state index in [0.29, 0.717) is 55.9 Å². The molecule has 4 rings (SSSR count). The molecule has 12 heteroatoms. The Bertz CT molecular complexity index is 1030. The highest BCUT2D eigenvalue weighted by Gasteiger charge is 2.47. The number of hydrogen-bond acceptors (Lipinski definition) is 7. The molecule has 1 spiro atoms. The zero-order chi connectivity index (χ0) is 24.7. The Hall–Kier alpha value is -1.99. The molecule has 0 saturated carbocycles. The first kappa shape index (κ1) is 25.1. The van der Waals surface area contributed by atoms with E-state index in [-0.39, 0.29) is 12.1 Å². The summed E-state index contributed by atoms with van der Waals surface area (Å²) in [6.07, 6.45) is -0.688. The van der Waals surface area contributed by atoms with Gasteiger partial charge in [-0.15, -0.1) is 11.3 Å². The Kier molecular flexibility index (Phi) is 7.07. The van der Waals surface area contributed by atoms with E-state index < -0.39 is 35.3 Å². The fourth-order valence-corrected chi connectivity index (χ4v) is 6.21. The van der Waals surface area contributed by atoms with E-state index in [0.717, 1.165) is 16.9 Å². The third-order valence-electron chi connectivity index (χ3n) is 6.52. The summed E-state index contributed by atoms with van der Waals surface area (Å²) in [6, 6.07) is 0. The van der Waals surface area contributed by atoms with Crippen molar-refractivity contribution in [3.05, 3.63) is 38.8 Å². The van der Waals surface area contributed by atoms with Crippen LogP contribution in [0.5, 0.6) is 0 Å². The van der Waals surface area contributed by atoms with E-state index in [9.17, 15) is 28.2 Å². The van der Waals surface area contributed by atoms with Gasteiger partial charge < -0.3 is 19.8 Å². The minimum Gasteiger partial charge on any atom is -0.392 e. The topological polar surface area (TPSA) is 91.1 Å². The molecule has 0 aromatic carbocycles. The minimum atomic E-state index is -4.49. The van der Waals surface area contributed by atoms with Gasteiger partial charge in [0.05, 0.1) is 26.0 Å². The number of aromatic nitrogens is 2. The summed E-state index contributed by atoms with van der Waals surface area (Å²) in [7, 11) is 3.15. The molecule has 0 radical (unpaired) electrons. The van der Waals surface area contributed by atoms with Crippen molar-refractivity contribution in [3.8, 4) is 0 Å². The second-order valence-corrected chi connectivity index (χ2v) is 10.1. The molecule has 1 saturated heterocycles. The Morgan fingerprint density at radius 1 is 1.35 bits per heavy atom. The summed E-state index contributed by atoms with van der Waals surface area (Å²) >= 11 is 0.721. The van der Waals surface area contributed by atoms with E-state index in [1.165, 1.54) is 9.58 Å². The smallest absolute Gasteiger partial charge is 0.392 e. The number of nitrogens with zero attached hydrogens (tertiary/aromatic N) is 4. The maximum absolute atomic E-state index is 13.6. The molecule has 4 heterocycles. The highest BCUT2D eigenvalue weighted by molar-refractivity contribution is 7.12. The number of fused-ring (bicyclic) bond motifs is 2. The molecule has 34 heavy (non-hydrogen) atoms. The molecular weight excluding hydrogens is 473 g/mol. The first-order valence-corrected chi connectivity index (χ1v) is 12.0. The van der Waals surface area contributed by atoms with Gasteiger partial charge in [-0.2, -0.15) is 18.3 Å². The first-order chi connectivity index (χ1) is 16.0. The van der Waals surface area contributed by atoms with Crippen molar-refractivity contribution >= 4 is 17.2 Å². The summed E-state index contributed by atoms with van der Waals surface area (Å²) < 4.78 is 48.3. The molecule has 2 N–H and O–H groups in total. The number of carbonyl (C=O) groups is 1. The molecule has 188 valence electrons. The van der Waals surface area contributed by atoms with Crippen LogP contribution in [0.25, 0.3) is 0 Å². The van der Waals surface area contributed by atoms with Gasteiger partial charge in [-0.1, -0.05) is 0 Å². The molecule has 1 unspecified atom stereocenters. The predicted molar refractivity (Wildman–Crippen MR) is 118 cm³/mol. The number of hydrogen-bond donors (Lipinski definition) is 2. The van der Waals surface area contributed by atoms with Gasteiger partial charge in [-0.05, 0) is 24.8 Å². The van der Waals surface area contributed by atoms with Crippen LogP contribution in [-0.4, -0.2) is 75.6 Å². The SMILES string of the molecule is CN(C)C(=O)C(O)Cn1cc(CN2CCC3(CC2)OCCc2c3sc(C(F)(F)F)c2CO)cn1. The number of amides is 1. The predicted octanol–water partition coefficient (Wildman–Crippen LogP) is 1.97. The van der Waals surface area contributed by atoms with Crippen molar-refractivity contribution in [2.24, 2.45) is 0 Å². The van der Waals surface area contributed by atoms with Gasteiger partial charge in [-0.3, -0.25) is 14.4 Å². The average Bonchev–Trinajstić information content (AvgIpc) is 3.39. The van der Waals surface area contributed by atoms with Crippen LogP contribution in [0.3, 0.4) is 0 Å². The van der Waals surface area contributed by atoms with Crippen LogP contribution in [-0.2, 0) is 47.4 Å². The van der Waals surface area contributed by atoms with Crippen LogP contribution in [0.4, 0.5) is 13.2 Å². The lowest BCUT2D eigenvalue weighted by Gasteiger charge is -2.43. The van der Waals surface area contributed by atoms with Crippen LogP contribution >= 0.6 is 11.3 Å². The standard InChI is InChI=1S/C22H29F3N4O4S/c1-27(2)20(32)17(31)12-29-11-14(9-26-29)10-28-6-4-21(5-7-28)18-15(3-8-33-21)16(13-30)19(34-18)22(23,24)25/h9,11,17,30-31H,3-8,10,12-13H2,1-2H3. The number of aliphatic hydroxyl groups excluding tert-OH is 2. The maximum atomic E-state index is 13.6. The molecule has 2 aliphatic heterocycles. The second-order valence-electron chi connectivity index (χ2n) is 9.06. The number of carbonyl (C=O) groups excluding carboxylic acids is 1. The quantitative estimate of drug-likeness (QED) is 0.628. The molecule has 8 nitrogen and oxygen atoms in total. The maximum Gasteiger partial charge on any atom is 0.425 e. The average molecular weight is 503 g/mol. The van der Waals surface area contributed by atoms with Crippen LogP contribution in [0.1, 0.15) is 39.3 Å². The Labute approximate surface area is 199 Å². The van der Waals surface area contributed by atoms with Gasteiger partial charge in [0.25, 0.3) is 5.91 Å². The lowest BCUT2D eigenvalue weighted by atomic mass is 9.84. The van der Waals surface area contributed by atoms with Gasteiger partial charge in [0.15, 0.2) is 6.10 Å². The zero-order valence-electron chi connectivity index (χ0n) is 19.1. The normalized spacial score (nSPS) is 19.3. The number of alkyl halides is 3. The fraction of sp³-hybridized carbons (Fsp3) is 0.636. The van der Waals surface area contributed by atoms with Gasteiger partial charge in [0.1, 0.15) is 10.5 Å². The number of likely N-dealkylation sites (tertiary alicyclic amines) is 1. The van der Waals surface area contributed by atoms with Gasteiger partial charge >= 0.3 is 6.18 Å². The van der Waals surface area contributed by atoms with Crippen molar-refractivity contribution in [1.82, 2.24) is 19.6 Å².